The molecule has 1 aromatic carbocycles. The number of nitrogens with zero attached hydrogens (tertiary/aromatic N) is 2. The second-order valence-corrected chi connectivity index (χ2v) is 2.88. The lowest BCUT2D eigenvalue weighted by molar-refractivity contribution is 0.477. The molecule has 0 fully saturated rings. The van der Waals surface area contributed by atoms with Gasteiger partial charge in [-0.2, -0.15) is 5.10 Å². The van der Waals surface area contributed by atoms with Gasteiger partial charge in [0.15, 0.2) is 5.82 Å². The Morgan fingerprint density at radius 2 is 2.23 bits per heavy atom. The van der Waals surface area contributed by atoms with Crippen LogP contribution in [0.4, 0.5) is 0 Å². The summed E-state index contributed by atoms with van der Waals surface area (Å²) in [5.41, 5.74) is 0.474. The van der Waals surface area contributed by atoms with Crippen LogP contribution in [0.25, 0.3) is 11.4 Å². The summed E-state index contributed by atoms with van der Waals surface area (Å²) in [5, 5.41) is 16.2. The summed E-state index contributed by atoms with van der Waals surface area (Å²) in [4.78, 5) is 3.90. The lowest BCUT2D eigenvalue weighted by Gasteiger charge is -2.01. The molecule has 0 bridgehead atoms. The van der Waals surface area contributed by atoms with E-state index in [1.54, 1.807) is 18.2 Å². The number of aromatic nitrogens is 3. The summed E-state index contributed by atoms with van der Waals surface area (Å²) in [6.45, 7) is 0. The van der Waals surface area contributed by atoms with E-state index in [9.17, 15) is 5.11 Å². The fourth-order valence-electron chi connectivity index (χ4n) is 1.07. The first-order valence-corrected chi connectivity index (χ1v) is 4.00. The predicted octanol–water partition coefficient (Wildman–Crippen LogP) is 1.83. The predicted molar refractivity (Wildman–Crippen MR) is 48.5 cm³/mol. The van der Waals surface area contributed by atoms with Crippen LogP contribution in [0.3, 0.4) is 0 Å². The summed E-state index contributed by atoms with van der Waals surface area (Å²) in [6, 6.07) is 4.89. The molecular weight excluding hydrogens is 190 g/mol. The smallest absolute Gasteiger partial charge is 0.160 e. The fourth-order valence-corrected chi connectivity index (χ4v) is 1.33. The van der Waals surface area contributed by atoms with Crippen molar-refractivity contribution in [2.45, 2.75) is 0 Å². The third kappa shape index (κ3) is 1.36. The maximum atomic E-state index is 9.49. The van der Waals surface area contributed by atoms with E-state index in [0.717, 1.165) is 0 Å². The average molecular weight is 196 g/mol. The minimum absolute atomic E-state index is 0.0873. The number of H-pyrrole nitrogens is 1. The van der Waals surface area contributed by atoms with Crippen molar-refractivity contribution in [1.29, 1.82) is 0 Å². The van der Waals surface area contributed by atoms with Crippen molar-refractivity contribution in [3.8, 4) is 17.1 Å². The van der Waals surface area contributed by atoms with Crippen LogP contribution in [0, 0.1) is 0 Å². The van der Waals surface area contributed by atoms with Crippen LogP contribution in [0.15, 0.2) is 24.5 Å². The zero-order valence-electron chi connectivity index (χ0n) is 6.53. The number of aromatic hydroxyl groups is 1. The third-order valence-electron chi connectivity index (χ3n) is 1.64. The van der Waals surface area contributed by atoms with Gasteiger partial charge in [0.25, 0.3) is 0 Å². The number of rotatable bonds is 1. The van der Waals surface area contributed by atoms with Gasteiger partial charge in [-0.05, 0) is 12.1 Å². The highest BCUT2D eigenvalue weighted by molar-refractivity contribution is 6.33. The van der Waals surface area contributed by atoms with Crippen LogP contribution in [-0.2, 0) is 0 Å². The molecule has 0 radical (unpaired) electrons. The van der Waals surface area contributed by atoms with E-state index in [4.69, 9.17) is 11.6 Å². The van der Waals surface area contributed by atoms with Crippen LogP contribution < -0.4 is 0 Å². The summed E-state index contributed by atoms with van der Waals surface area (Å²) in [7, 11) is 0. The van der Waals surface area contributed by atoms with Gasteiger partial charge in [-0.3, -0.25) is 5.10 Å². The molecule has 5 heteroatoms. The van der Waals surface area contributed by atoms with Crippen molar-refractivity contribution in [3.63, 3.8) is 0 Å². The molecule has 0 unspecified atom stereocenters. The van der Waals surface area contributed by atoms with Crippen molar-refractivity contribution in [1.82, 2.24) is 15.2 Å². The van der Waals surface area contributed by atoms with Crippen molar-refractivity contribution >= 4 is 11.6 Å². The van der Waals surface area contributed by atoms with Gasteiger partial charge in [0.2, 0.25) is 0 Å². The molecule has 1 heterocycles. The van der Waals surface area contributed by atoms with Gasteiger partial charge >= 0.3 is 0 Å². The number of halogens is 1. The van der Waals surface area contributed by atoms with Crippen LogP contribution in [0.2, 0.25) is 5.02 Å². The zero-order chi connectivity index (χ0) is 9.26. The lowest BCUT2D eigenvalue weighted by Crippen LogP contribution is -1.83. The highest BCUT2D eigenvalue weighted by atomic mass is 35.5. The van der Waals surface area contributed by atoms with Gasteiger partial charge < -0.3 is 5.11 Å². The number of phenols is 1. The molecule has 0 saturated carbocycles. The fraction of sp³-hybridized carbons (Fsp3) is 0. The number of hydrogen-bond donors (Lipinski definition) is 2. The summed E-state index contributed by atoms with van der Waals surface area (Å²) in [6.07, 6.45) is 1.36. The van der Waals surface area contributed by atoms with Gasteiger partial charge in [-0.15, -0.1) is 0 Å². The Kier molecular flexibility index (Phi) is 1.90. The largest absolute Gasteiger partial charge is 0.507 e. The molecule has 0 amide bonds. The van der Waals surface area contributed by atoms with Crippen molar-refractivity contribution < 1.29 is 5.11 Å². The molecule has 0 aliphatic rings. The maximum absolute atomic E-state index is 9.49. The Morgan fingerprint density at radius 3 is 2.85 bits per heavy atom. The van der Waals surface area contributed by atoms with Gasteiger partial charge in [0.1, 0.15) is 12.1 Å². The van der Waals surface area contributed by atoms with Crippen LogP contribution in [0.5, 0.6) is 5.75 Å². The summed E-state index contributed by atoms with van der Waals surface area (Å²) >= 11 is 5.87. The molecule has 1 aromatic heterocycles. The van der Waals surface area contributed by atoms with E-state index in [2.05, 4.69) is 15.2 Å². The van der Waals surface area contributed by atoms with Gasteiger partial charge in [0.05, 0.1) is 10.6 Å². The zero-order valence-corrected chi connectivity index (χ0v) is 7.28. The van der Waals surface area contributed by atoms with Crippen molar-refractivity contribution in [3.05, 3.63) is 29.5 Å². The maximum Gasteiger partial charge on any atom is 0.160 e. The molecule has 0 aliphatic carbocycles. The molecule has 2 aromatic rings. The lowest BCUT2D eigenvalue weighted by atomic mass is 10.2. The van der Waals surface area contributed by atoms with Crippen molar-refractivity contribution in [2.24, 2.45) is 0 Å². The third-order valence-corrected chi connectivity index (χ3v) is 1.96. The van der Waals surface area contributed by atoms with Crippen molar-refractivity contribution in [2.75, 3.05) is 0 Å². The molecule has 4 nitrogen and oxygen atoms in total. The minimum Gasteiger partial charge on any atom is -0.507 e. The topological polar surface area (TPSA) is 61.8 Å². The Balaban J connectivity index is 2.64. The van der Waals surface area contributed by atoms with E-state index in [1.807, 2.05) is 0 Å². The molecule has 66 valence electrons. The quantitative estimate of drug-likeness (QED) is 0.730. The standard InChI is InChI=1S/C8H6ClN3O/c9-5-2-1-3-6(13)7(5)8-10-4-11-12-8/h1-4,13H,(H,10,11,12). The van der Waals surface area contributed by atoms with E-state index >= 15 is 0 Å². The first-order valence-electron chi connectivity index (χ1n) is 3.62. The van der Waals surface area contributed by atoms with E-state index in [-0.39, 0.29) is 5.75 Å². The second-order valence-electron chi connectivity index (χ2n) is 2.47. The number of phenolic OH excluding ortho intramolecular Hbond substituents is 1. The van der Waals surface area contributed by atoms with Gasteiger partial charge in [0, 0.05) is 0 Å². The average Bonchev–Trinajstić information content (AvgIpc) is 2.57. The molecule has 0 saturated heterocycles. The van der Waals surface area contributed by atoms with Crippen LogP contribution >= 0.6 is 11.6 Å². The second kappa shape index (κ2) is 3.06. The Hall–Kier alpha value is -1.55. The van der Waals surface area contributed by atoms with E-state index < -0.39 is 0 Å². The van der Waals surface area contributed by atoms with Crippen LogP contribution in [0.1, 0.15) is 0 Å². The van der Waals surface area contributed by atoms with Gasteiger partial charge in [-0.25, -0.2) is 4.98 Å². The van der Waals surface area contributed by atoms with E-state index in [1.165, 1.54) is 6.33 Å². The molecule has 0 aliphatic heterocycles. The van der Waals surface area contributed by atoms with E-state index in [0.29, 0.717) is 16.4 Å². The Labute approximate surface area is 79.2 Å². The Bertz CT molecular complexity index is 393. The molecular formula is C8H6ClN3O. The first-order chi connectivity index (χ1) is 6.29. The first kappa shape index (κ1) is 8.07. The number of aromatic amines is 1. The molecule has 0 spiro atoms. The molecule has 2 rings (SSSR count). The highest BCUT2D eigenvalue weighted by Crippen LogP contribution is 2.32. The molecule has 0 atom stereocenters. The minimum atomic E-state index is 0.0873. The van der Waals surface area contributed by atoms with Gasteiger partial charge in [-0.1, -0.05) is 17.7 Å². The molecule has 2 N–H and O–H groups in total. The van der Waals surface area contributed by atoms with Crippen LogP contribution in [-0.4, -0.2) is 20.3 Å². The monoisotopic (exact) mass is 195 g/mol. The normalized spacial score (nSPS) is 10.2. The Morgan fingerprint density at radius 1 is 1.38 bits per heavy atom. The summed E-state index contributed by atoms with van der Waals surface area (Å²) < 4.78 is 0. The summed E-state index contributed by atoms with van der Waals surface area (Å²) in [5.74, 6) is 0.548. The SMILES string of the molecule is Oc1cccc(Cl)c1-c1ncn[nH]1. The highest BCUT2D eigenvalue weighted by Gasteiger charge is 2.10. The number of nitrogens with one attached hydrogen (secondary N) is 1. The number of hydrogen-bond acceptors (Lipinski definition) is 3. The molecule has 13 heavy (non-hydrogen) atoms. The number of benzene rings is 1.